The summed E-state index contributed by atoms with van der Waals surface area (Å²) in [5.74, 6) is -1.51. The van der Waals surface area contributed by atoms with Crippen LogP contribution in [0.2, 0.25) is 0 Å². The summed E-state index contributed by atoms with van der Waals surface area (Å²) in [6.07, 6.45) is 26.4. The monoisotopic (exact) mass is 770 g/mol. The highest BCUT2D eigenvalue weighted by Crippen LogP contribution is 2.71. The Morgan fingerprint density at radius 1 is 0.411 bits per heavy atom. The van der Waals surface area contributed by atoms with Crippen molar-refractivity contribution in [1.29, 1.82) is 0 Å². The molecule has 8 aliphatic rings. The molecule has 0 atom stereocenters. The lowest BCUT2D eigenvalue weighted by Gasteiger charge is -2.44. The standard InChI is InChI=1S/C50H42O4S2/c51-42-32-16-6-4-14-30(32)34(44(42)53)24-28-26-36-38(48(28)18-8-1-9-19-48)40-46(55-36)47-41(50(40)22-12-3-13-23-50)39-37(56-47)27-29(49(39)20-10-2-11-21-49)25-35-31-15-5-7-17-33(31)43(52)45(35)54/h4-7,14-17,24-27H,1-3,8-13,18-23H2/b34-24-,35-25-. The van der Waals surface area contributed by atoms with Gasteiger partial charge < -0.3 is 0 Å². The van der Waals surface area contributed by atoms with Crippen LogP contribution in [0.4, 0.5) is 0 Å². The molecular formula is C50H42O4S2. The first-order chi connectivity index (χ1) is 27.4. The number of hydrogen-bond donors (Lipinski definition) is 0. The van der Waals surface area contributed by atoms with Gasteiger partial charge >= 0.3 is 0 Å². The molecule has 2 aromatic carbocycles. The van der Waals surface area contributed by atoms with Gasteiger partial charge in [-0.3, -0.25) is 19.2 Å². The van der Waals surface area contributed by atoms with Crippen LogP contribution >= 0.6 is 22.7 Å². The van der Waals surface area contributed by atoms with Crippen molar-refractivity contribution in [2.75, 3.05) is 0 Å². The number of ketones is 4. The molecule has 0 radical (unpaired) electrons. The van der Waals surface area contributed by atoms with Gasteiger partial charge in [0, 0.05) is 58.0 Å². The minimum Gasteiger partial charge on any atom is -0.285 e. The highest BCUT2D eigenvalue weighted by Gasteiger charge is 2.58. The first kappa shape index (κ1) is 33.6. The van der Waals surface area contributed by atoms with Crippen molar-refractivity contribution in [3.05, 3.63) is 126 Å². The predicted octanol–water partition coefficient (Wildman–Crippen LogP) is 11.9. The van der Waals surface area contributed by atoms with Gasteiger partial charge in [-0.2, -0.15) is 0 Å². The maximum absolute atomic E-state index is 13.6. The largest absolute Gasteiger partial charge is 0.285 e. The fourth-order valence-corrected chi connectivity index (χ4v) is 15.9. The Morgan fingerprint density at radius 2 is 0.768 bits per heavy atom. The lowest BCUT2D eigenvalue weighted by molar-refractivity contribution is -0.110. The van der Waals surface area contributed by atoms with Crippen molar-refractivity contribution >= 4 is 69.1 Å². The molecule has 2 heterocycles. The summed E-state index contributed by atoms with van der Waals surface area (Å²) in [7, 11) is 0. The SMILES string of the molecule is O=C1C(=O)c2ccccc2/C1=C/C1=Cc2sc3c(c2C12CCCCC2)C1(CCCCC1)c1c-3sc2c1C1(CCCCC1)C(/C=C1\C(=O)C(=O)c3ccccc31)=C2. The number of thiophene rings is 2. The fourth-order valence-electron chi connectivity index (χ4n) is 12.8. The van der Waals surface area contributed by atoms with E-state index in [0.717, 1.165) is 75.3 Å². The molecule has 6 heteroatoms. The van der Waals surface area contributed by atoms with Crippen LogP contribution in [0, 0.1) is 0 Å². The molecule has 3 spiro atoms. The lowest BCUT2D eigenvalue weighted by atomic mass is 9.58. The van der Waals surface area contributed by atoms with Crippen molar-refractivity contribution in [2.45, 2.75) is 113 Å². The molecule has 0 N–H and O–H groups in total. The van der Waals surface area contributed by atoms with E-state index < -0.39 is 0 Å². The predicted molar refractivity (Wildman–Crippen MR) is 224 cm³/mol. The first-order valence-corrected chi connectivity index (χ1v) is 22.6. The molecule has 8 aliphatic carbocycles. The van der Waals surface area contributed by atoms with Gasteiger partial charge in [0.15, 0.2) is 0 Å². The maximum atomic E-state index is 13.6. The summed E-state index contributed by atoms with van der Waals surface area (Å²) in [5.41, 5.74) is 12.1. The molecule has 0 aliphatic heterocycles. The zero-order chi connectivity index (χ0) is 37.6. The number of fused-ring (bicyclic) bond motifs is 13. The van der Waals surface area contributed by atoms with Gasteiger partial charge in [-0.15, -0.1) is 22.7 Å². The zero-order valence-electron chi connectivity index (χ0n) is 31.5. The Hall–Kier alpha value is -4.52. The maximum Gasteiger partial charge on any atom is 0.234 e. The van der Waals surface area contributed by atoms with Crippen LogP contribution in [-0.4, -0.2) is 23.1 Å². The summed E-state index contributed by atoms with van der Waals surface area (Å²) in [4.78, 5) is 59.2. The number of hydrogen-bond acceptors (Lipinski definition) is 6. The summed E-state index contributed by atoms with van der Waals surface area (Å²) in [6.45, 7) is 0. The second-order valence-corrected chi connectivity index (χ2v) is 19.8. The molecule has 3 fully saturated rings. The minimum atomic E-state index is -0.383. The van der Waals surface area contributed by atoms with Crippen LogP contribution in [0.15, 0.2) is 71.8 Å². The van der Waals surface area contributed by atoms with Crippen LogP contribution in [0.3, 0.4) is 0 Å². The zero-order valence-corrected chi connectivity index (χ0v) is 33.1. The van der Waals surface area contributed by atoms with E-state index in [4.69, 9.17) is 0 Å². The van der Waals surface area contributed by atoms with Crippen molar-refractivity contribution in [2.24, 2.45) is 0 Å². The molecule has 0 saturated heterocycles. The molecule has 56 heavy (non-hydrogen) atoms. The number of Topliss-reactive ketones (excluding diaryl/α,β-unsaturated/α-hetero) is 4. The van der Waals surface area contributed by atoms with E-state index in [1.165, 1.54) is 62.8 Å². The van der Waals surface area contributed by atoms with Gasteiger partial charge in [0.1, 0.15) is 0 Å². The van der Waals surface area contributed by atoms with E-state index in [1.54, 1.807) is 34.4 Å². The molecular weight excluding hydrogens is 729 g/mol. The van der Waals surface area contributed by atoms with Gasteiger partial charge in [-0.25, -0.2) is 0 Å². The quantitative estimate of drug-likeness (QED) is 0.150. The van der Waals surface area contributed by atoms with Crippen LogP contribution in [0.5, 0.6) is 0 Å². The molecule has 3 saturated carbocycles. The van der Waals surface area contributed by atoms with E-state index in [0.29, 0.717) is 22.3 Å². The average Bonchev–Trinajstić information content (AvgIpc) is 4.06. The third-order valence-electron chi connectivity index (χ3n) is 15.2. The number of rotatable bonds is 2. The Balaban J connectivity index is 1.05. The van der Waals surface area contributed by atoms with Crippen molar-refractivity contribution in [3.8, 4) is 9.75 Å². The molecule has 2 aromatic heterocycles. The van der Waals surface area contributed by atoms with Crippen molar-refractivity contribution < 1.29 is 19.2 Å². The lowest BCUT2D eigenvalue weighted by Crippen LogP contribution is -2.37. The third-order valence-corrected chi connectivity index (χ3v) is 17.7. The van der Waals surface area contributed by atoms with E-state index in [-0.39, 0.29) is 39.4 Å². The summed E-state index contributed by atoms with van der Waals surface area (Å²) in [5, 5.41) is 0. The Bertz CT molecular complexity index is 2470. The Labute approximate surface area is 335 Å². The summed E-state index contributed by atoms with van der Waals surface area (Å²) >= 11 is 3.97. The van der Waals surface area contributed by atoms with Gasteiger partial charge in [0.2, 0.25) is 23.1 Å². The van der Waals surface area contributed by atoms with Crippen molar-refractivity contribution in [1.82, 2.24) is 0 Å². The highest BCUT2D eigenvalue weighted by atomic mass is 32.1. The second-order valence-electron chi connectivity index (χ2n) is 17.7. The number of allylic oxidation sites excluding steroid dienone is 6. The Kier molecular flexibility index (Phi) is 7.06. The van der Waals surface area contributed by atoms with E-state index in [9.17, 15) is 19.2 Å². The molecule has 12 rings (SSSR count). The average molecular weight is 771 g/mol. The highest BCUT2D eigenvalue weighted by molar-refractivity contribution is 7.23. The second kappa shape index (κ2) is 11.8. The van der Waals surface area contributed by atoms with Crippen LogP contribution in [-0.2, 0) is 25.8 Å². The Morgan fingerprint density at radius 3 is 1.16 bits per heavy atom. The fraction of sp³-hybridized carbons (Fsp3) is 0.360. The van der Waals surface area contributed by atoms with Crippen LogP contribution in [0.25, 0.3) is 33.1 Å². The van der Waals surface area contributed by atoms with Crippen LogP contribution in [0.1, 0.15) is 160 Å². The molecule has 4 aromatic rings. The number of carbonyl (C=O) groups excluding carboxylic acids is 4. The van der Waals surface area contributed by atoms with Gasteiger partial charge in [-0.1, -0.05) is 106 Å². The van der Waals surface area contributed by atoms with Gasteiger partial charge in [0.25, 0.3) is 0 Å². The summed E-state index contributed by atoms with van der Waals surface area (Å²) in [6, 6.07) is 15.0. The smallest absolute Gasteiger partial charge is 0.234 e. The molecule has 4 nitrogen and oxygen atoms in total. The third kappa shape index (κ3) is 4.15. The van der Waals surface area contributed by atoms with Crippen LogP contribution < -0.4 is 0 Å². The molecule has 0 amide bonds. The van der Waals surface area contributed by atoms with Crippen molar-refractivity contribution in [3.63, 3.8) is 0 Å². The van der Waals surface area contributed by atoms with E-state index in [2.05, 4.69) is 24.3 Å². The van der Waals surface area contributed by atoms with E-state index in [1.807, 2.05) is 59.1 Å². The number of carbonyl (C=O) groups is 4. The first-order valence-electron chi connectivity index (χ1n) is 21.0. The van der Waals surface area contributed by atoms with E-state index >= 15 is 0 Å². The number of benzene rings is 2. The summed E-state index contributed by atoms with van der Waals surface area (Å²) < 4.78 is 0. The van der Waals surface area contributed by atoms with Gasteiger partial charge in [-0.05, 0) is 107 Å². The molecule has 0 bridgehead atoms. The van der Waals surface area contributed by atoms with Gasteiger partial charge in [0.05, 0.1) is 0 Å². The minimum absolute atomic E-state index is 0.0592. The normalized spacial score (nSPS) is 24.6. The molecule has 0 unspecified atom stereocenters. The topological polar surface area (TPSA) is 68.3 Å². The molecule has 278 valence electrons.